The Morgan fingerprint density at radius 2 is 2.14 bits per heavy atom. The average Bonchev–Trinajstić information content (AvgIpc) is 3.08. The van der Waals surface area contributed by atoms with E-state index >= 15 is 0 Å². The van der Waals surface area contributed by atoms with Crippen LogP contribution in [0.2, 0.25) is 0 Å². The van der Waals surface area contributed by atoms with Crippen LogP contribution in [0.1, 0.15) is 11.1 Å². The number of aromatic nitrogens is 2. The summed E-state index contributed by atoms with van der Waals surface area (Å²) >= 11 is 0. The Bertz CT molecular complexity index is 769. The lowest BCUT2D eigenvalue weighted by molar-refractivity contribution is 0.211. The van der Waals surface area contributed by atoms with Crippen LogP contribution in [-0.4, -0.2) is 15.7 Å². The maximum Gasteiger partial charge on any atom is 0.140 e. The van der Waals surface area contributed by atoms with Crippen molar-refractivity contribution in [1.29, 1.82) is 0 Å². The molecule has 2 N–H and O–H groups in total. The average molecular weight is 279 g/mol. The third-order valence-corrected chi connectivity index (χ3v) is 4.05. The third-order valence-electron chi connectivity index (χ3n) is 4.05. The summed E-state index contributed by atoms with van der Waals surface area (Å²) in [6.07, 6.45) is 5.03. The van der Waals surface area contributed by atoms with Gasteiger partial charge in [-0.25, -0.2) is 4.98 Å². The van der Waals surface area contributed by atoms with Gasteiger partial charge in [0.25, 0.3) is 0 Å². The van der Waals surface area contributed by atoms with Gasteiger partial charge >= 0.3 is 0 Å². The van der Waals surface area contributed by atoms with E-state index in [2.05, 4.69) is 33.9 Å². The zero-order valence-electron chi connectivity index (χ0n) is 11.7. The van der Waals surface area contributed by atoms with Crippen LogP contribution in [0.4, 0.5) is 0 Å². The summed E-state index contributed by atoms with van der Waals surface area (Å²) in [6.45, 7) is 1.32. The number of rotatable bonds is 3. The largest absolute Gasteiger partial charge is 0.488 e. The molecule has 21 heavy (non-hydrogen) atoms. The molecule has 0 saturated heterocycles. The third kappa shape index (κ3) is 2.08. The Kier molecular flexibility index (Phi) is 2.89. The summed E-state index contributed by atoms with van der Waals surface area (Å²) in [5.74, 6) is 1.01. The molecule has 1 aliphatic heterocycles. The monoisotopic (exact) mass is 279 g/mol. The highest BCUT2D eigenvalue weighted by molar-refractivity contribution is 5.80. The Labute approximate surface area is 123 Å². The van der Waals surface area contributed by atoms with Crippen LogP contribution in [0.3, 0.4) is 0 Å². The first-order valence-electron chi connectivity index (χ1n) is 7.22. The van der Waals surface area contributed by atoms with Crippen LogP contribution in [0, 0.1) is 0 Å². The predicted molar refractivity (Wildman–Crippen MR) is 82.2 cm³/mol. The number of nitrogens with zero attached hydrogens (tertiary/aromatic N) is 2. The van der Waals surface area contributed by atoms with Crippen LogP contribution < -0.4 is 10.5 Å². The maximum atomic E-state index is 6.02. The predicted octanol–water partition coefficient (Wildman–Crippen LogP) is 2.50. The van der Waals surface area contributed by atoms with Gasteiger partial charge in [-0.05, 0) is 29.3 Å². The number of pyridine rings is 1. The molecule has 0 spiro atoms. The molecule has 3 aromatic rings. The van der Waals surface area contributed by atoms with E-state index in [0.29, 0.717) is 6.54 Å². The molecule has 0 saturated carbocycles. The lowest BCUT2D eigenvalue weighted by Gasteiger charge is -2.12. The summed E-state index contributed by atoms with van der Waals surface area (Å²) in [6, 6.07) is 12.3. The van der Waals surface area contributed by atoms with Gasteiger partial charge in [0.2, 0.25) is 0 Å². The highest BCUT2D eigenvalue weighted by Gasteiger charge is 2.23. The maximum absolute atomic E-state index is 6.02. The number of fused-ring (bicyclic) bond motifs is 2. The Morgan fingerprint density at radius 3 is 3.00 bits per heavy atom. The molecule has 4 rings (SSSR count). The van der Waals surface area contributed by atoms with Crippen molar-refractivity contribution < 1.29 is 4.74 Å². The van der Waals surface area contributed by atoms with Gasteiger partial charge in [-0.3, -0.25) is 0 Å². The van der Waals surface area contributed by atoms with E-state index in [1.807, 2.05) is 24.4 Å². The fourth-order valence-corrected chi connectivity index (χ4v) is 3.07. The van der Waals surface area contributed by atoms with Crippen molar-refractivity contribution in [2.45, 2.75) is 25.6 Å². The van der Waals surface area contributed by atoms with E-state index in [1.54, 1.807) is 0 Å². The molecule has 0 bridgehead atoms. The van der Waals surface area contributed by atoms with Crippen molar-refractivity contribution in [1.82, 2.24) is 9.55 Å². The van der Waals surface area contributed by atoms with Gasteiger partial charge in [0.05, 0.1) is 6.54 Å². The summed E-state index contributed by atoms with van der Waals surface area (Å²) in [7, 11) is 0. The second-order valence-electron chi connectivity index (χ2n) is 5.44. The summed E-state index contributed by atoms with van der Waals surface area (Å²) in [4.78, 5) is 4.49. The van der Waals surface area contributed by atoms with Gasteiger partial charge in [-0.1, -0.05) is 18.2 Å². The molecule has 1 aromatic carbocycles. The molecule has 0 aliphatic carbocycles. The number of para-hydroxylation sites is 1. The second-order valence-corrected chi connectivity index (χ2v) is 5.44. The van der Waals surface area contributed by atoms with Gasteiger partial charge in [-0.2, -0.15) is 0 Å². The molecule has 106 valence electrons. The van der Waals surface area contributed by atoms with Gasteiger partial charge in [0.1, 0.15) is 17.5 Å². The summed E-state index contributed by atoms with van der Waals surface area (Å²) in [5.41, 5.74) is 9.23. The molecule has 4 nitrogen and oxygen atoms in total. The van der Waals surface area contributed by atoms with E-state index in [1.165, 1.54) is 5.56 Å². The quantitative estimate of drug-likeness (QED) is 0.801. The highest BCUT2D eigenvalue weighted by atomic mass is 16.5. The van der Waals surface area contributed by atoms with Crippen LogP contribution in [-0.2, 0) is 19.5 Å². The smallest absolute Gasteiger partial charge is 0.140 e. The van der Waals surface area contributed by atoms with E-state index in [4.69, 9.17) is 10.5 Å². The molecule has 0 fully saturated rings. The van der Waals surface area contributed by atoms with Gasteiger partial charge in [-0.15, -0.1) is 0 Å². The van der Waals surface area contributed by atoms with E-state index in [-0.39, 0.29) is 6.10 Å². The molecule has 2 aromatic heterocycles. The van der Waals surface area contributed by atoms with Crippen LogP contribution in [0.15, 0.2) is 48.8 Å². The number of hydrogen-bond donors (Lipinski definition) is 1. The fraction of sp³-hybridized carbons (Fsp3) is 0.235. The lowest BCUT2D eigenvalue weighted by Crippen LogP contribution is -2.20. The Morgan fingerprint density at radius 1 is 1.24 bits per heavy atom. The first-order chi connectivity index (χ1) is 10.3. The first-order valence-corrected chi connectivity index (χ1v) is 7.22. The van der Waals surface area contributed by atoms with Crippen molar-refractivity contribution in [3.63, 3.8) is 0 Å². The highest BCUT2D eigenvalue weighted by Crippen LogP contribution is 2.29. The van der Waals surface area contributed by atoms with Gasteiger partial charge < -0.3 is 15.0 Å². The SMILES string of the molecule is NCc1cn(CC2Cc3ccccc3O2)c2ncccc12. The van der Waals surface area contributed by atoms with Crippen molar-refractivity contribution in [3.8, 4) is 5.75 Å². The zero-order valence-corrected chi connectivity index (χ0v) is 11.7. The van der Waals surface area contributed by atoms with Gasteiger partial charge in [0, 0.05) is 30.7 Å². The molecule has 0 radical (unpaired) electrons. The van der Waals surface area contributed by atoms with Crippen LogP contribution in [0.25, 0.3) is 11.0 Å². The fourth-order valence-electron chi connectivity index (χ4n) is 3.07. The minimum atomic E-state index is 0.158. The van der Waals surface area contributed by atoms with E-state index in [9.17, 15) is 0 Å². The first kappa shape index (κ1) is 12.4. The van der Waals surface area contributed by atoms with Crippen molar-refractivity contribution in [2.75, 3.05) is 0 Å². The molecule has 1 atom stereocenters. The minimum Gasteiger partial charge on any atom is -0.488 e. The number of nitrogens with two attached hydrogens (primary N) is 1. The summed E-state index contributed by atoms with van der Waals surface area (Å²) in [5, 5.41) is 1.13. The Hall–Kier alpha value is -2.33. The number of hydrogen-bond acceptors (Lipinski definition) is 3. The number of benzene rings is 1. The molecular weight excluding hydrogens is 262 g/mol. The zero-order chi connectivity index (χ0) is 14.2. The Balaban J connectivity index is 1.64. The molecule has 3 heterocycles. The van der Waals surface area contributed by atoms with E-state index in [0.717, 1.165) is 35.3 Å². The van der Waals surface area contributed by atoms with Crippen molar-refractivity contribution >= 4 is 11.0 Å². The van der Waals surface area contributed by atoms with Crippen molar-refractivity contribution in [3.05, 3.63) is 59.9 Å². The standard InChI is InChI=1S/C17H17N3O/c18-9-13-10-20(17-15(13)5-3-7-19-17)11-14-8-12-4-1-2-6-16(12)21-14/h1-7,10,14H,8-9,11,18H2. The molecule has 0 amide bonds. The summed E-state index contributed by atoms with van der Waals surface area (Å²) < 4.78 is 8.18. The normalized spacial score (nSPS) is 16.9. The second kappa shape index (κ2) is 4.90. The lowest BCUT2D eigenvalue weighted by atomic mass is 10.1. The van der Waals surface area contributed by atoms with Crippen molar-refractivity contribution in [2.24, 2.45) is 5.73 Å². The molecule has 1 aliphatic rings. The van der Waals surface area contributed by atoms with Crippen LogP contribution >= 0.6 is 0 Å². The van der Waals surface area contributed by atoms with E-state index < -0.39 is 0 Å². The van der Waals surface area contributed by atoms with Gasteiger partial charge in [0.15, 0.2) is 0 Å². The topological polar surface area (TPSA) is 53.1 Å². The molecular formula is C17H17N3O. The molecule has 1 unspecified atom stereocenters. The number of ether oxygens (including phenoxy) is 1. The minimum absolute atomic E-state index is 0.158. The van der Waals surface area contributed by atoms with Crippen LogP contribution in [0.5, 0.6) is 5.75 Å². The molecule has 4 heteroatoms.